The van der Waals surface area contributed by atoms with E-state index in [-0.39, 0.29) is 11.9 Å². The summed E-state index contributed by atoms with van der Waals surface area (Å²) in [7, 11) is 0. The molecule has 0 radical (unpaired) electrons. The first-order chi connectivity index (χ1) is 9.45. The van der Waals surface area contributed by atoms with E-state index in [1.807, 2.05) is 32.0 Å². The van der Waals surface area contributed by atoms with E-state index in [0.29, 0.717) is 5.75 Å². The Balaban J connectivity index is 2.32. The van der Waals surface area contributed by atoms with Gasteiger partial charge in [-0.3, -0.25) is 0 Å². The third kappa shape index (κ3) is 3.81. The molecular weight excluding hydrogens is 321 g/mol. The zero-order valence-corrected chi connectivity index (χ0v) is 13.1. The van der Waals surface area contributed by atoms with Gasteiger partial charge in [-0.05, 0) is 67.8 Å². The molecule has 20 heavy (non-hydrogen) atoms. The fourth-order valence-corrected chi connectivity index (χ4v) is 2.41. The molecule has 0 saturated heterocycles. The van der Waals surface area contributed by atoms with Crippen LogP contribution in [0.2, 0.25) is 0 Å². The number of benzene rings is 2. The van der Waals surface area contributed by atoms with Crippen LogP contribution in [-0.2, 0) is 6.42 Å². The number of ether oxygens (including phenoxy) is 1. The van der Waals surface area contributed by atoms with Crippen molar-refractivity contribution in [1.82, 2.24) is 0 Å². The van der Waals surface area contributed by atoms with Crippen molar-refractivity contribution in [3.63, 3.8) is 0 Å². The molecule has 2 rings (SSSR count). The number of hydrogen-bond donors (Lipinski definition) is 1. The Kier molecular flexibility index (Phi) is 4.78. The van der Waals surface area contributed by atoms with E-state index in [9.17, 15) is 4.39 Å². The van der Waals surface area contributed by atoms with Crippen molar-refractivity contribution >= 4 is 15.9 Å². The van der Waals surface area contributed by atoms with Gasteiger partial charge in [-0.1, -0.05) is 15.9 Å². The zero-order chi connectivity index (χ0) is 14.7. The van der Waals surface area contributed by atoms with Crippen LogP contribution in [-0.4, -0.2) is 6.04 Å². The molecule has 0 spiro atoms. The van der Waals surface area contributed by atoms with Crippen LogP contribution in [0.4, 0.5) is 4.39 Å². The molecule has 1 atom stereocenters. The van der Waals surface area contributed by atoms with Gasteiger partial charge in [0, 0.05) is 10.5 Å². The predicted octanol–water partition coefficient (Wildman–Crippen LogP) is 4.58. The van der Waals surface area contributed by atoms with Crippen LogP contribution in [0.5, 0.6) is 11.5 Å². The van der Waals surface area contributed by atoms with E-state index in [0.717, 1.165) is 27.8 Å². The number of rotatable bonds is 4. The van der Waals surface area contributed by atoms with Crippen molar-refractivity contribution in [1.29, 1.82) is 0 Å². The monoisotopic (exact) mass is 337 g/mol. The second kappa shape index (κ2) is 6.37. The number of nitrogens with two attached hydrogens (primary N) is 1. The van der Waals surface area contributed by atoms with Crippen LogP contribution >= 0.6 is 15.9 Å². The summed E-state index contributed by atoms with van der Waals surface area (Å²) in [4.78, 5) is 0. The van der Waals surface area contributed by atoms with E-state index in [2.05, 4.69) is 15.9 Å². The summed E-state index contributed by atoms with van der Waals surface area (Å²) >= 11 is 3.45. The summed E-state index contributed by atoms with van der Waals surface area (Å²) < 4.78 is 20.0. The molecule has 1 unspecified atom stereocenters. The standard InChI is InChI=1S/C16H17BrFNO/c1-10-7-14(18)4-6-15(10)20-16-5-3-13(17)9-12(16)8-11(2)19/h3-7,9,11H,8,19H2,1-2H3. The highest BCUT2D eigenvalue weighted by Crippen LogP contribution is 2.30. The lowest BCUT2D eigenvalue weighted by Gasteiger charge is -2.14. The van der Waals surface area contributed by atoms with Gasteiger partial charge >= 0.3 is 0 Å². The van der Waals surface area contributed by atoms with Crippen molar-refractivity contribution in [3.8, 4) is 11.5 Å². The van der Waals surface area contributed by atoms with Gasteiger partial charge in [-0.25, -0.2) is 4.39 Å². The third-order valence-electron chi connectivity index (χ3n) is 2.92. The van der Waals surface area contributed by atoms with Crippen LogP contribution in [0.25, 0.3) is 0 Å². The average molecular weight is 338 g/mol. The highest BCUT2D eigenvalue weighted by atomic mass is 79.9. The van der Waals surface area contributed by atoms with E-state index in [4.69, 9.17) is 10.5 Å². The predicted molar refractivity (Wildman–Crippen MR) is 82.7 cm³/mol. The van der Waals surface area contributed by atoms with E-state index >= 15 is 0 Å². The Bertz CT molecular complexity index is 613. The summed E-state index contributed by atoms with van der Waals surface area (Å²) in [6.45, 7) is 3.77. The highest BCUT2D eigenvalue weighted by Gasteiger charge is 2.10. The highest BCUT2D eigenvalue weighted by molar-refractivity contribution is 9.10. The lowest BCUT2D eigenvalue weighted by Crippen LogP contribution is -2.18. The Labute approximate surface area is 126 Å². The third-order valence-corrected chi connectivity index (χ3v) is 3.41. The molecule has 0 aromatic heterocycles. The normalized spacial score (nSPS) is 12.2. The van der Waals surface area contributed by atoms with Crippen LogP contribution in [0.15, 0.2) is 40.9 Å². The molecule has 0 aliphatic rings. The summed E-state index contributed by atoms with van der Waals surface area (Å²) in [6.07, 6.45) is 0.717. The van der Waals surface area contributed by atoms with Gasteiger partial charge in [-0.2, -0.15) is 0 Å². The number of halogens is 2. The summed E-state index contributed by atoms with van der Waals surface area (Å²) in [6, 6.07) is 10.3. The van der Waals surface area contributed by atoms with E-state index in [1.54, 1.807) is 6.07 Å². The molecule has 2 aromatic rings. The minimum Gasteiger partial charge on any atom is -0.457 e. The average Bonchev–Trinajstić information content (AvgIpc) is 2.34. The van der Waals surface area contributed by atoms with Gasteiger partial charge < -0.3 is 10.5 Å². The summed E-state index contributed by atoms with van der Waals surface area (Å²) in [5, 5.41) is 0. The van der Waals surface area contributed by atoms with Crippen molar-refractivity contribution in [3.05, 3.63) is 57.8 Å². The minimum absolute atomic E-state index is 0.0426. The van der Waals surface area contributed by atoms with Gasteiger partial charge in [0.05, 0.1) is 0 Å². The van der Waals surface area contributed by atoms with Gasteiger partial charge in [0.2, 0.25) is 0 Å². The number of aryl methyl sites for hydroxylation is 1. The van der Waals surface area contributed by atoms with Gasteiger partial charge in [0.25, 0.3) is 0 Å². The van der Waals surface area contributed by atoms with Crippen LogP contribution < -0.4 is 10.5 Å². The maximum Gasteiger partial charge on any atom is 0.130 e. The first-order valence-corrected chi connectivity index (χ1v) is 7.23. The molecule has 2 nitrogen and oxygen atoms in total. The van der Waals surface area contributed by atoms with Crippen LogP contribution in [0.3, 0.4) is 0 Å². The SMILES string of the molecule is Cc1cc(F)ccc1Oc1ccc(Br)cc1CC(C)N. The van der Waals surface area contributed by atoms with Gasteiger partial charge in [0.15, 0.2) is 0 Å². The van der Waals surface area contributed by atoms with Crippen molar-refractivity contribution in [2.45, 2.75) is 26.3 Å². The fraction of sp³-hybridized carbons (Fsp3) is 0.250. The first-order valence-electron chi connectivity index (χ1n) is 6.43. The summed E-state index contributed by atoms with van der Waals surface area (Å²) in [5.74, 6) is 1.14. The Morgan fingerprint density at radius 1 is 1.20 bits per heavy atom. The lowest BCUT2D eigenvalue weighted by atomic mass is 10.1. The number of hydrogen-bond acceptors (Lipinski definition) is 2. The second-order valence-electron chi connectivity index (χ2n) is 4.95. The first kappa shape index (κ1) is 15.0. The van der Waals surface area contributed by atoms with Crippen LogP contribution in [0, 0.1) is 12.7 Å². The maximum atomic E-state index is 13.1. The molecule has 0 fully saturated rings. The Hall–Kier alpha value is -1.39. The topological polar surface area (TPSA) is 35.2 Å². The van der Waals surface area contributed by atoms with Crippen LogP contribution in [0.1, 0.15) is 18.1 Å². The lowest BCUT2D eigenvalue weighted by molar-refractivity contribution is 0.468. The zero-order valence-electron chi connectivity index (χ0n) is 11.5. The smallest absolute Gasteiger partial charge is 0.130 e. The molecule has 0 bridgehead atoms. The van der Waals surface area contributed by atoms with Crippen molar-refractivity contribution < 1.29 is 9.13 Å². The van der Waals surface area contributed by atoms with Gasteiger partial charge in [-0.15, -0.1) is 0 Å². The Morgan fingerprint density at radius 3 is 2.55 bits per heavy atom. The van der Waals surface area contributed by atoms with Crippen molar-refractivity contribution in [2.24, 2.45) is 5.73 Å². The largest absolute Gasteiger partial charge is 0.457 e. The van der Waals surface area contributed by atoms with Crippen molar-refractivity contribution in [2.75, 3.05) is 0 Å². The van der Waals surface area contributed by atoms with E-state index < -0.39 is 0 Å². The molecule has 4 heteroatoms. The minimum atomic E-state index is -0.263. The maximum absolute atomic E-state index is 13.1. The molecule has 0 heterocycles. The molecule has 2 N–H and O–H groups in total. The molecule has 0 amide bonds. The molecule has 106 valence electrons. The second-order valence-corrected chi connectivity index (χ2v) is 5.86. The van der Waals surface area contributed by atoms with Gasteiger partial charge in [0.1, 0.15) is 17.3 Å². The molecule has 2 aromatic carbocycles. The fourth-order valence-electron chi connectivity index (χ4n) is 2.00. The molecule has 0 saturated carbocycles. The molecule has 0 aliphatic carbocycles. The Morgan fingerprint density at radius 2 is 1.90 bits per heavy atom. The quantitative estimate of drug-likeness (QED) is 0.886. The van der Waals surface area contributed by atoms with E-state index in [1.165, 1.54) is 12.1 Å². The molecule has 0 aliphatic heterocycles. The molecular formula is C16H17BrFNO. The summed E-state index contributed by atoms with van der Waals surface area (Å²) in [5.41, 5.74) is 7.66.